The number of rotatable bonds is 13. The topological polar surface area (TPSA) is 186 Å². The Morgan fingerprint density at radius 3 is 1.80 bits per heavy atom. The quantitative estimate of drug-likeness (QED) is 0.139. The Morgan fingerprint density at radius 2 is 1.38 bits per heavy atom. The Balaban J connectivity index is 0.000000604. The maximum atomic E-state index is 9.36. The summed E-state index contributed by atoms with van der Waals surface area (Å²) in [5.74, 6) is -0.317. The van der Waals surface area contributed by atoms with Gasteiger partial charge in [0.2, 0.25) is 0 Å². The lowest BCUT2D eigenvalue weighted by atomic mass is 10.0. The molecule has 1 aliphatic heterocycles. The van der Waals surface area contributed by atoms with Crippen molar-refractivity contribution >= 4 is 0 Å². The van der Waals surface area contributed by atoms with Gasteiger partial charge in [-0.3, -0.25) is 4.84 Å². The number of nitrogens with one attached hydrogen (secondary N) is 1. The van der Waals surface area contributed by atoms with E-state index in [4.69, 9.17) is 40.6 Å². The first kappa shape index (κ1) is 37.7. The van der Waals surface area contributed by atoms with Gasteiger partial charge >= 0.3 is 0 Å². The molecule has 2 aromatic rings. The van der Waals surface area contributed by atoms with Crippen LogP contribution < -0.4 is 5.32 Å². The fraction of sp³-hybridized carbons (Fsp3) is 0.517. The first-order valence-corrected chi connectivity index (χ1v) is 13.2. The van der Waals surface area contributed by atoms with Crippen LogP contribution >= 0.6 is 0 Å². The highest BCUT2D eigenvalue weighted by Gasteiger charge is 2.33. The van der Waals surface area contributed by atoms with Crippen molar-refractivity contribution in [1.29, 1.82) is 0 Å². The second-order valence-corrected chi connectivity index (χ2v) is 8.72. The Morgan fingerprint density at radius 1 is 0.825 bits per heavy atom. The van der Waals surface area contributed by atoms with E-state index >= 15 is 0 Å². The molecule has 1 aliphatic rings. The zero-order chi connectivity index (χ0) is 30.0. The van der Waals surface area contributed by atoms with Crippen molar-refractivity contribution in [3.05, 3.63) is 83.9 Å². The minimum absolute atomic E-state index is 0.00807. The lowest BCUT2D eigenvalue weighted by molar-refractivity contribution is -0.163. The maximum Gasteiger partial charge on any atom is 0.109 e. The van der Waals surface area contributed by atoms with Gasteiger partial charge in [-0.1, -0.05) is 72.8 Å². The minimum Gasteiger partial charge on any atom is -0.400 e. The van der Waals surface area contributed by atoms with Gasteiger partial charge in [0.1, 0.15) is 6.10 Å². The molecule has 3 rings (SSSR count). The standard InChI is InChI=1S/C12H17NO3.C12H19NO3.C4H8O2.CH4O/c14-8-11-7-13(16-12(11)9-15)6-10-4-2-1-3-5-10;14-8-11(12(16)9-15)7-13-6-10-4-2-1-3-5-10;5-3-1-2-4-6;1-2/h1-5,11-12,14-15H,6-9H2;1-5,11-16H,6-9H2;1-2,5-6H,3-4H2;2H,1H3/b;;2-1-;/t2*11-,12+;;/m11../s1. The van der Waals surface area contributed by atoms with Gasteiger partial charge < -0.3 is 46.2 Å². The zero-order valence-corrected chi connectivity index (χ0v) is 23.2. The summed E-state index contributed by atoms with van der Waals surface area (Å²) in [6, 6.07) is 19.9. The summed E-state index contributed by atoms with van der Waals surface area (Å²) >= 11 is 0. The molecule has 0 amide bonds. The van der Waals surface area contributed by atoms with E-state index in [1.807, 2.05) is 60.7 Å². The molecular weight excluding hydrogens is 520 g/mol. The Hall–Kier alpha value is -2.26. The van der Waals surface area contributed by atoms with E-state index in [1.54, 1.807) is 5.06 Å². The van der Waals surface area contributed by atoms with Crippen molar-refractivity contribution in [3.63, 3.8) is 0 Å². The van der Waals surface area contributed by atoms with Gasteiger partial charge in [0.05, 0.1) is 32.5 Å². The summed E-state index contributed by atoms with van der Waals surface area (Å²) in [4.78, 5) is 5.54. The van der Waals surface area contributed by atoms with Gasteiger partial charge in [0, 0.05) is 58.3 Å². The molecule has 0 bridgehead atoms. The van der Waals surface area contributed by atoms with Crippen LogP contribution in [0.1, 0.15) is 11.1 Å². The first-order chi connectivity index (χ1) is 19.5. The van der Waals surface area contributed by atoms with E-state index in [1.165, 1.54) is 12.2 Å². The van der Waals surface area contributed by atoms with Crippen molar-refractivity contribution in [2.24, 2.45) is 11.8 Å². The van der Waals surface area contributed by atoms with Crippen molar-refractivity contribution in [2.45, 2.75) is 25.3 Å². The van der Waals surface area contributed by atoms with E-state index in [-0.39, 0.29) is 57.6 Å². The van der Waals surface area contributed by atoms with Crippen LogP contribution in [0.2, 0.25) is 0 Å². The Labute approximate surface area is 237 Å². The van der Waals surface area contributed by atoms with Gasteiger partial charge in [0.25, 0.3) is 0 Å². The number of hydroxylamine groups is 2. The molecule has 4 atom stereocenters. The molecule has 228 valence electrons. The van der Waals surface area contributed by atoms with Crippen LogP contribution in [0.25, 0.3) is 0 Å². The maximum absolute atomic E-state index is 9.36. The third-order valence-corrected chi connectivity index (χ3v) is 5.79. The fourth-order valence-corrected chi connectivity index (χ4v) is 3.56. The second-order valence-electron chi connectivity index (χ2n) is 8.72. The Kier molecular flexibility index (Phi) is 24.2. The molecule has 0 unspecified atom stereocenters. The average Bonchev–Trinajstić information content (AvgIpc) is 3.42. The van der Waals surface area contributed by atoms with Gasteiger partial charge in [-0.25, -0.2) is 0 Å². The van der Waals surface area contributed by atoms with Gasteiger partial charge in [-0.15, -0.1) is 0 Å². The second kappa shape index (κ2) is 25.7. The van der Waals surface area contributed by atoms with Crippen LogP contribution in [0.5, 0.6) is 0 Å². The molecule has 0 spiro atoms. The largest absolute Gasteiger partial charge is 0.400 e. The molecule has 1 heterocycles. The summed E-state index contributed by atoms with van der Waals surface area (Å²) in [5.41, 5.74) is 2.32. The fourth-order valence-electron chi connectivity index (χ4n) is 3.56. The zero-order valence-electron chi connectivity index (χ0n) is 23.2. The molecule has 0 radical (unpaired) electrons. The van der Waals surface area contributed by atoms with Crippen molar-refractivity contribution < 1.29 is 45.7 Å². The van der Waals surface area contributed by atoms with E-state index in [0.717, 1.165) is 18.2 Å². The molecule has 0 saturated carbocycles. The van der Waals surface area contributed by atoms with E-state index in [2.05, 4.69) is 5.32 Å². The molecule has 11 nitrogen and oxygen atoms in total. The van der Waals surface area contributed by atoms with Gasteiger partial charge in [-0.2, -0.15) is 5.06 Å². The number of hydrogen-bond acceptors (Lipinski definition) is 11. The highest BCUT2D eigenvalue weighted by molar-refractivity contribution is 5.15. The molecular formula is C29H48N2O9. The summed E-state index contributed by atoms with van der Waals surface area (Å²) in [5, 5.41) is 73.3. The highest BCUT2D eigenvalue weighted by Crippen LogP contribution is 2.21. The number of hydrogen-bond donors (Lipinski definition) is 9. The molecule has 0 aromatic heterocycles. The number of benzene rings is 2. The molecule has 0 aliphatic carbocycles. The molecule has 11 heteroatoms. The summed E-state index contributed by atoms with van der Waals surface area (Å²) in [6.07, 6.45) is 1.84. The monoisotopic (exact) mass is 568 g/mol. The van der Waals surface area contributed by atoms with Crippen LogP contribution in [-0.4, -0.2) is 118 Å². The predicted molar refractivity (Wildman–Crippen MR) is 153 cm³/mol. The molecule has 2 aromatic carbocycles. The number of aliphatic hydroxyl groups excluding tert-OH is 8. The molecule has 1 saturated heterocycles. The number of nitrogens with zero attached hydrogens (tertiary/aromatic N) is 1. The van der Waals surface area contributed by atoms with Crippen LogP contribution in [0.4, 0.5) is 0 Å². The smallest absolute Gasteiger partial charge is 0.109 e. The SMILES string of the molecule is CO.OC/C=C\CO.OC[C@@H](CNCc1ccccc1)[C@@H](O)CO.OC[C@H]1CN(Cc2ccccc2)O[C@H]1CO. The highest BCUT2D eigenvalue weighted by atomic mass is 16.7. The average molecular weight is 569 g/mol. The molecule has 40 heavy (non-hydrogen) atoms. The summed E-state index contributed by atoms with van der Waals surface area (Å²) < 4.78 is 0. The van der Waals surface area contributed by atoms with E-state index in [0.29, 0.717) is 26.2 Å². The van der Waals surface area contributed by atoms with Gasteiger partial charge in [-0.05, 0) is 11.1 Å². The van der Waals surface area contributed by atoms with E-state index in [9.17, 15) is 5.11 Å². The van der Waals surface area contributed by atoms with Crippen LogP contribution in [0.15, 0.2) is 72.8 Å². The van der Waals surface area contributed by atoms with Crippen LogP contribution in [-0.2, 0) is 17.9 Å². The first-order valence-electron chi connectivity index (χ1n) is 13.2. The predicted octanol–water partition coefficient (Wildman–Crippen LogP) is -0.723. The minimum atomic E-state index is -0.867. The third kappa shape index (κ3) is 16.8. The normalized spacial score (nSPS) is 18.0. The number of aliphatic hydroxyl groups is 8. The van der Waals surface area contributed by atoms with Gasteiger partial charge in [0.15, 0.2) is 0 Å². The Bertz CT molecular complexity index is 810. The third-order valence-electron chi connectivity index (χ3n) is 5.79. The van der Waals surface area contributed by atoms with Crippen molar-refractivity contribution in [1.82, 2.24) is 10.4 Å². The summed E-state index contributed by atoms with van der Waals surface area (Å²) in [7, 11) is 1.00. The van der Waals surface area contributed by atoms with Crippen molar-refractivity contribution in [2.75, 3.05) is 59.8 Å². The lowest BCUT2D eigenvalue weighted by Crippen LogP contribution is -2.35. The summed E-state index contributed by atoms with van der Waals surface area (Å²) in [6.45, 7) is 2.10. The van der Waals surface area contributed by atoms with Crippen LogP contribution in [0.3, 0.4) is 0 Å². The van der Waals surface area contributed by atoms with E-state index < -0.39 is 6.10 Å². The molecule has 9 N–H and O–H groups in total. The lowest BCUT2D eigenvalue weighted by Gasteiger charge is -2.19. The van der Waals surface area contributed by atoms with Crippen LogP contribution in [0, 0.1) is 11.8 Å². The molecule has 1 fully saturated rings. The van der Waals surface area contributed by atoms with Crippen molar-refractivity contribution in [3.8, 4) is 0 Å².